The van der Waals surface area contributed by atoms with Crippen molar-refractivity contribution < 1.29 is 0 Å². The van der Waals surface area contributed by atoms with Crippen molar-refractivity contribution in [1.29, 1.82) is 5.26 Å². The van der Waals surface area contributed by atoms with Crippen molar-refractivity contribution in [2.24, 2.45) is 5.92 Å². The number of rotatable bonds is 7. The van der Waals surface area contributed by atoms with Gasteiger partial charge in [0.15, 0.2) is 5.82 Å². The molecule has 0 radical (unpaired) electrons. The molecule has 1 saturated heterocycles. The van der Waals surface area contributed by atoms with Crippen LogP contribution in [-0.4, -0.2) is 43.6 Å². The van der Waals surface area contributed by atoms with Gasteiger partial charge >= 0.3 is 0 Å². The molecule has 10 heteroatoms. The number of piperidine rings is 1. The summed E-state index contributed by atoms with van der Waals surface area (Å²) in [5.74, 6) is 2.52. The zero-order valence-corrected chi connectivity index (χ0v) is 21.1. The van der Waals surface area contributed by atoms with E-state index < -0.39 is 0 Å². The molecule has 0 aromatic carbocycles. The molecule has 2 N–H and O–H groups in total. The molecule has 0 bridgehead atoms. The average Bonchev–Trinajstić information content (AvgIpc) is 3.28. The van der Waals surface area contributed by atoms with Gasteiger partial charge in [-0.25, -0.2) is 15.0 Å². The smallest absolute Gasteiger partial charge is 0.229 e. The monoisotopic (exact) mass is 501 g/mol. The molecule has 0 saturated carbocycles. The Labute approximate surface area is 215 Å². The lowest BCUT2D eigenvalue weighted by Crippen LogP contribution is -2.39. The van der Waals surface area contributed by atoms with E-state index in [-0.39, 0.29) is 6.04 Å². The largest absolute Gasteiger partial charge is 0.366 e. The highest BCUT2D eigenvalue weighted by Gasteiger charge is 2.21. The van der Waals surface area contributed by atoms with Gasteiger partial charge in [0, 0.05) is 43.5 Å². The molecule has 0 spiro atoms. The second-order valence-electron chi connectivity index (χ2n) is 9.44. The molecule has 1 aliphatic heterocycles. The van der Waals surface area contributed by atoms with Gasteiger partial charge in [0.1, 0.15) is 22.6 Å². The van der Waals surface area contributed by atoms with Crippen LogP contribution in [0.2, 0.25) is 5.02 Å². The molecule has 9 nitrogen and oxygen atoms in total. The second-order valence-corrected chi connectivity index (χ2v) is 9.84. The Morgan fingerprint density at radius 1 is 1.11 bits per heavy atom. The Morgan fingerprint density at radius 3 is 2.67 bits per heavy atom. The third-order valence-electron chi connectivity index (χ3n) is 6.20. The summed E-state index contributed by atoms with van der Waals surface area (Å²) in [5.41, 5.74) is 2.36. The molecule has 0 atom stereocenters. The van der Waals surface area contributed by atoms with Gasteiger partial charge in [0.2, 0.25) is 5.95 Å². The highest BCUT2D eigenvalue weighted by molar-refractivity contribution is 6.32. The maximum atomic E-state index is 8.97. The number of aromatic nitrogens is 5. The predicted octanol–water partition coefficient (Wildman–Crippen LogP) is 5.23. The third-order valence-corrected chi connectivity index (χ3v) is 6.48. The molecule has 4 aromatic heterocycles. The maximum absolute atomic E-state index is 8.97. The summed E-state index contributed by atoms with van der Waals surface area (Å²) in [4.78, 5) is 20.3. The van der Waals surface area contributed by atoms with Gasteiger partial charge in [-0.2, -0.15) is 10.2 Å². The second kappa shape index (κ2) is 10.4. The topological polar surface area (TPSA) is 108 Å². The van der Waals surface area contributed by atoms with Crippen LogP contribution in [0.15, 0.2) is 49.1 Å². The van der Waals surface area contributed by atoms with E-state index in [2.05, 4.69) is 78.3 Å². The Bertz CT molecular complexity index is 1380. The first kappa shape index (κ1) is 23.8. The van der Waals surface area contributed by atoms with Crippen LogP contribution in [0.1, 0.15) is 32.3 Å². The Balaban J connectivity index is 1.22. The Kier molecular flexibility index (Phi) is 6.87. The molecular weight excluding hydrogens is 474 g/mol. The molecule has 184 valence electrons. The summed E-state index contributed by atoms with van der Waals surface area (Å²) < 4.78 is 2.17. The normalized spacial score (nSPS) is 14.2. The molecule has 36 heavy (non-hydrogen) atoms. The highest BCUT2D eigenvalue weighted by Crippen LogP contribution is 2.26. The lowest BCUT2D eigenvalue weighted by molar-refractivity contribution is 0.522. The zero-order chi connectivity index (χ0) is 25.1. The van der Waals surface area contributed by atoms with Crippen molar-refractivity contribution in [3.8, 4) is 6.07 Å². The molecule has 1 fully saturated rings. The van der Waals surface area contributed by atoms with E-state index in [1.54, 1.807) is 24.7 Å². The molecule has 5 rings (SSSR count). The first-order valence-corrected chi connectivity index (χ1v) is 12.5. The highest BCUT2D eigenvalue weighted by atomic mass is 35.5. The molecule has 0 amide bonds. The van der Waals surface area contributed by atoms with Crippen LogP contribution in [0.3, 0.4) is 0 Å². The summed E-state index contributed by atoms with van der Waals surface area (Å²) in [7, 11) is 0. The van der Waals surface area contributed by atoms with Crippen LogP contribution in [-0.2, 0) is 6.54 Å². The van der Waals surface area contributed by atoms with Crippen LogP contribution >= 0.6 is 11.6 Å². The standard InChI is InChI=1S/C26H28ClN9/c1-17(2)16-36-8-5-19-11-21(14-30-25(19)36)33-26-31-15-22(27)24(34-26)32-20-6-9-35(10-7-20)23-4-3-18(12-28)13-29-23/h3-5,8,11,13-15,17,20H,6-7,9-10,16H2,1-2H3,(H2,31,32,33,34). The van der Waals surface area contributed by atoms with Crippen LogP contribution in [0.5, 0.6) is 0 Å². The van der Waals surface area contributed by atoms with Gasteiger partial charge in [0.05, 0.1) is 23.6 Å². The maximum Gasteiger partial charge on any atom is 0.229 e. The minimum absolute atomic E-state index is 0.235. The van der Waals surface area contributed by atoms with Crippen LogP contribution in [0, 0.1) is 17.2 Å². The first-order chi connectivity index (χ1) is 17.5. The van der Waals surface area contributed by atoms with E-state index in [9.17, 15) is 0 Å². The van der Waals surface area contributed by atoms with E-state index >= 15 is 0 Å². The summed E-state index contributed by atoms with van der Waals surface area (Å²) in [6.07, 6.45) is 8.93. The van der Waals surface area contributed by atoms with Crippen LogP contribution in [0.4, 0.5) is 23.3 Å². The number of halogens is 1. The molecule has 4 aromatic rings. The van der Waals surface area contributed by atoms with Crippen molar-refractivity contribution in [2.45, 2.75) is 39.3 Å². The molecule has 0 aliphatic carbocycles. The molecule has 0 unspecified atom stereocenters. The molecule has 1 aliphatic rings. The van der Waals surface area contributed by atoms with E-state index in [1.807, 2.05) is 6.07 Å². The van der Waals surface area contributed by atoms with Gasteiger partial charge in [-0.15, -0.1) is 0 Å². The summed E-state index contributed by atoms with van der Waals surface area (Å²) in [6.45, 7) is 7.03. The van der Waals surface area contributed by atoms with E-state index in [0.29, 0.717) is 28.3 Å². The van der Waals surface area contributed by atoms with E-state index in [1.165, 1.54) is 0 Å². The minimum Gasteiger partial charge on any atom is -0.366 e. The van der Waals surface area contributed by atoms with Gasteiger partial charge in [-0.05, 0) is 43.0 Å². The zero-order valence-electron chi connectivity index (χ0n) is 20.3. The van der Waals surface area contributed by atoms with Crippen molar-refractivity contribution in [1.82, 2.24) is 24.5 Å². The number of nitrogens with one attached hydrogen (secondary N) is 2. The van der Waals surface area contributed by atoms with E-state index in [0.717, 1.165) is 55.0 Å². The number of anilines is 4. The number of nitriles is 1. The van der Waals surface area contributed by atoms with Gasteiger partial charge < -0.3 is 20.1 Å². The number of pyridine rings is 2. The summed E-state index contributed by atoms with van der Waals surface area (Å²) in [5, 5.41) is 17.3. The van der Waals surface area contributed by atoms with Gasteiger partial charge in [-0.1, -0.05) is 25.4 Å². The number of fused-ring (bicyclic) bond motifs is 1. The molecule has 5 heterocycles. The lowest BCUT2D eigenvalue weighted by Gasteiger charge is -2.33. The lowest BCUT2D eigenvalue weighted by atomic mass is 10.0. The van der Waals surface area contributed by atoms with Crippen molar-refractivity contribution in [2.75, 3.05) is 28.6 Å². The summed E-state index contributed by atoms with van der Waals surface area (Å²) >= 11 is 6.42. The third kappa shape index (κ3) is 5.34. The fourth-order valence-electron chi connectivity index (χ4n) is 4.43. The van der Waals surface area contributed by atoms with Crippen LogP contribution in [0.25, 0.3) is 11.0 Å². The quantitative estimate of drug-likeness (QED) is 0.354. The van der Waals surface area contributed by atoms with Crippen molar-refractivity contribution >= 4 is 45.9 Å². The SMILES string of the molecule is CC(C)Cn1ccc2cc(Nc3ncc(Cl)c(NC4CCN(c5ccc(C#N)cn5)CC4)n3)cnc21. The number of hydrogen-bond donors (Lipinski definition) is 2. The van der Waals surface area contributed by atoms with Gasteiger partial charge in [0.25, 0.3) is 0 Å². The van der Waals surface area contributed by atoms with Gasteiger partial charge in [-0.3, -0.25) is 0 Å². The van der Waals surface area contributed by atoms with Crippen molar-refractivity contribution in [3.63, 3.8) is 0 Å². The Morgan fingerprint density at radius 2 is 1.94 bits per heavy atom. The first-order valence-electron chi connectivity index (χ1n) is 12.1. The van der Waals surface area contributed by atoms with Crippen molar-refractivity contribution in [3.05, 3.63) is 59.6 Å². The number of nitrogens with zero attached hydrogens (tertiary/aromatic N) is 7. The average molecular weight is 502 g/mol. The summed E-state index contributed by atoms with van der Waals surface area (Å²) in [6, 6.07) is 10.2. The Hall–Kier alpha value is -3.90. The fraction of sp³-hybridized carbons (Fsp3) is 0.346. The minimum atomic E-state index is 0.235. The van der Waals surface area contributed by atoms with E-state index in [4.69, 9.17) is 16.9 Å². The van der Waals surface area contributed by atoms with Crippen LogP contribution < -0.4 is 15.5 Å². The molecular formula is C26H28ClN9. The fourth-order valence-corrected chi connectivity index (χ4v) is 4.58. The number of hydrogen-bond acceptors (Lipinski definition) is 8. The predicted molar refractivity (Wildman–Crippen MR) is 143 cm³/mol.